The van der Waals surface area contributed by atoms with Crippen LogP contribution in [0, 0.1) is 0 Å². The Morgan fingerprint density at radius 2 is 1.95 bits per heavy atom. The van der Waals surface area contributed by atoms with Crippen molar-refractivity contribution in [3.63, 3.8) is 0 Å². The average molecular weight is 276 g/mol. The van der Waals surface area contributed by atoms with Crippen LogP contribution in [-0.4, -0.2) is 20.0 Å². The van der Waals surface area contributed by atoms with Gasteiger partial charge in [-0.15, -0.1) is 11.3 Å². The van der Waals surface area contributed by atoms with Crippen molar-refractivity contribution in [1.82, 2.24) is 0 Å². The molecular weight excluding hydrogens is 260 g/mol. The lowest BCUT2D eigenvalue weighted by molar-refractivity contribution is 0.0982. The molecule has 1 heterocycles. The van der Waals surface area contributed by atoms with Crippen LogP contribution in [0.5, 0.6) is 11.5 Å². The van der Waals surface area contributed by atoms with Crippen LogP contribution in [0.2, 0.25) is 0 Å². The highest BCUT2D eigenvalue weighted by Gasteiger charge is 2.11. The summed E-state index contributed by atoms with van der Waals surface area (Å²) in [7, 11) is 3.15. The van der Waals surface area contributed by atoms with Crippen molar-refractivity contribution in [3.8, 4) is 11.5 Å². The highest BCUT2D eigenvalue weighted by atomic mass is 32.1. The van der Waals surface area contributed by atoms with E-state index in [0.29, 0.717) is 23.5 Å². The first kappa shape index (κ1) is 13.6. The minimum absolute atomic E-state index is 0.120. The number of thiophene rings is 1. The van der Waals surface area contributed by atoms with Gasteiger partial charge in [0.2, 0.25) is 0 Å². The molecule has 0 aliphatic rings. The van der Waals surface area contributed by atoms with Crippen LogP contribution in [0.3, 0.4) is 0 Å². The zero-order valence-electron chi connectivity index (χ0n) is 11.0. The van der Waals surface area contributed by atoms with E-state index in [0.717, 1.165) is 6.42 Å². The standard InChI is InChI=1S/C15H16O3S/c1-17-14-8-5-11(10-15(14)18-2)13(16)7-6-12-4-3-9-19-12/h3-5,8-10H,6-7H2,1-2H3. The summed E-state index contributed by atoms with van der Waals surface area (Å²) >= 11 is 1.68. The van der Waals surface area contributed by atoms with E-state index in [4.69, 9.17) is 9.47 Å². The second-order valence-corrected chi connectivity index (χ2v) is 5.10. The Labute approximate surface area is 116 Å². The van der Waals surface area contributed by atoms with Gasteiger partial charge in [-0.25, -0.2) is 0 Å². The molecule has 2 rings (SSSR count). The molecule has 0 atom stereocenters. The van der Waals surface area contributed by atoms with Crippen LogP contribution in [0.25, 0.3) is 0 Å². The van der Waals surface area contributed by atoms with Crippen molar-refractivity contribution in [2.24, 2.45) is 0 Å². The van der Waals surface area contributed by atoms with Crippen molar-refractivity contribution in [2.75, 3.05) is 14.2 Å². The molecule has 0 aliphatic carbocycles. The van der Waals surface area contributed by atoms with E-state index >= 15 is 0 Å². The zero-order chi connectivity index (χ0) is 13.7. The third kappa shape index (κ3) is 3.35. The SMILES string of the molecule is COc1ccc(C(=O)CCc2cccs2)cc1OC. The molecule has 100 valence electrons. The largest absolute Gasteiger partial charge is 0.493 e. The van der Waals surface area contributed by atoms with E-state index in [1.54, 1.807) is 43.8 Å². The number of rotatable bonds is 6. The summed E-state index contributed by atoms with van der Waals surface area (Å²) in [5, 5.41) is 2.02. The van der Waals surface area contributed by atoms with Gasteiger partial charge >= 0.3 is 0 Å². The van der Waals surface area contributed by atoms with E-state index in [1.165, 1.54) is 4.88 Å². The summed E-state index contributed by atoms with van der Waals surface area (Å²) in [5.41, 5.74) is 0.661. The first-order valence-corrected chi connectivity index (χ1v) is 6.90. The van der Waals surface area contributed by atoms with Gasteiger partial charge in [0, 0.05) is 16.9 Å². The van der Waals surface area contributed by atoms with Gasteiger partial charge in [-0.3, -0.25) is 4.79 Å². The predicted octanol–water partition coefficient (Wildman–Crippen LogP) is 3.58. The molecule has 2 aromatic rings. The second-order valence-electron chi connectivity index (χ2n) is 4.07. The quantitative estimate of drug-likeness (QED) is 0.756. The summed E-state index contributed by atoms with van der Waals surface area (Å²) in [6.45, 7) is 0. The second kappa shape index (κ2) is 6.38. The summed E-state index contributed by atoms with van der Waals surface area (Å²) in [6.07, 6.45) is 1.29. The van der Waals surface area contributed by atoms with Crippen molar-refractivity contribution in [2.45, 2.75) is 12.8 Å². The number of Topliss-reactive ketones (excluding diaryl/α,β-unsaturated/α-hetero) is 1. The monoisotopic (exact) mass is 276 g/mol. The number of benzene rings is 1. The topological polar surface area (TPSA) is 35.5 Å². The molecule has 3 nitrogen and oxygen atoms in total. The van der Waals surface area contributed by atoms with E-state index < -0.39 is 0 Å². The third-order valence-electron chi connectivity index (χ3n) is 2.88. The van der Waals surface area contributed by atoms with Gasteiger partial charge in [-0.2, -0.15) is 0 Å². The first-order valence-electron chi connectivity index (χ1n) is 6.02. The Bertz CT molecular complexity index is 547. The minimum atomic E-state index is 0.120. The molecule has 0 bridgehead atoms. The molecule has 0 amide bonds. The number of carbonyl (C=O) groups excluding carboxylic acids is 1. The Morgan fingerprint density at radius 1 is 1.16 bits per heavy atom. The maximum Gasteiger partial charge on any atom is 0.163 e. The molecular formula is C15H16O3S. The number of aryl methyl sites for hydroxylation is 1. The maximum absolute atomic E-state index is 12.1. The highest BCUT2D eigenvalue weighted by molar-refractivity contribution is 7.09. The van der Waals surface area contributed by atoms with Crippen molar-refractivity contribution < 1.29 is 14.3 Å². The average Bonchev–Trinajstić information content (AvgIpc) is 2.97. The highest BCUT2D eigenvalue weighted by Crippen LogP contribution is 2.28. The van der Waals surface area contributed by atoms with E-state index in [2.05, 4.69) is 0 Å². The molecule has 0 spiro atoms. The van der Waals surface area contributed by atoms with Gasteiger partial charge in [0.15, 0.2) is 17.3 Å². The van der Waals surface area contributed by atoms with Gasteiger partial charge in [-0.05, 0) is 36.1 Å². The van der Waals surface area contributed by atoms with Crippen molar-refractivity contribution in [1.29, 1.82) is 0 Å². The van der Waals surface area contributed by atoms with Crippen LogP contribution in [0.4, 0.5) is 0 Å². The van der Waals surface area contributed by atoms with E-state index in [-0.39, 0.29) is 5.78 Å². The van der Waals surface area contributed by atoms with Gasteiger partial charge < -0.3 is 9.47 Å². The fourth-order valence-electron chi connectivity index (χ4n) is 1.85. The van der Waals surface area contributed by atoms with E-state index in [9.17, 15) is 4.79 Å². The molecule has 0 fully saturated rings. The summed E-state index contributed by atoms with van der Waals surface area (Å²) < 4.78 is 10.4. The summed E-state index contributed by atoms with van der Waals surface area (Å²) in [5.74, 6) is 1.34. The Morgan fingerprint density at radius 3 is 2.58 bits per heavy atom. The number of methoxy groups -OCH3 is 2. The molecule has 1 aromatic heterocycles. The van der Waals surface area contributed by atoms with Crippen molar-refractivity contribution in [3.05, 3.63) is 46.2 Å². The molecule has 19 heavy (non-hydrogen) atoms. The van der Waals surface area contributed by atoms with Gasteiger partial charge in [0.25, 0.3) is 0 Å². The lowest BCUT2D eigenvalue weighted by Gasteiger charge is -2.08. The van der Waals surface area contributed by atoms with Crippen LogP contribution in [0.1, 0.15) is 21.7 Å². The Kier molecular flexibility index (Phi) is 4.58. The molecule has 0 aliphatic heterocycles. The number of ketones is 1. The minimum Gasteiger partial charge on any atom is -0.493 e. The smallest absolute Gasteiger partial charge is 0.163 e. The van der Waals surface area contributed by atoms with Gasteiger partial charge in [0.1, 0.15) is 0 Å². The molecule has 4 heteroatoms. The van der Waals surface area contributed by atoms with Crippen LogP contribution < -0.4 is 9.47 Å². The fraction of sp³-hybridized carbons (Fsp3) is 0.267. The number of carbonyl (C=O) groups is 1. The van der Waals surface area contributed by atoms with Crippen LogP contribution in [0.15, 0.2) is 35.7 Å². The van der Waals surface area contributed by atoms with Crippen LogP contribution >= 0.6 is 11.3 Å². The molecule has 0 unspecified atom stereocenters. The van der Waals surface area contributed by atoms with Crippen LogP contribution in [-0.2, 0) is 6.42 Å². The molecule has 1 aromatic carbocycles. The number of hydrogen-bond acceptors (Lipinski definition) is 4. The maximum atomic E-state index is 12.1. The molecule has 0 saturated heterocycles. The van der Waals surface area contributed by atoms with E-state index in [1.807, 2.05) is 17.5 Å². The van der Waals surface area contributed by atoms with Gasteiger partial charge in [0.05, 0.1) is 14.2 Å². The lowest BCUT2D eigenvalue weighted by Crippen LogP contribution is -2.01. The summed E-state index contributed by atoms with van der Waals surface area (Å²) in [6, 6.07) is 9.32. The first-order chi connectivity index (χ1) is 9.24. The molecule has 0 radical (unpaired) electrons. The number of hydrogen-bond donors (Lipinski definition) is 0. The van der Waals surface area contributed by atoms with Crippen molar-refractivity contribution >= 4 is 17.1 Å². The van der Waals surface area contributed by atoms with Gasteiger partial charge in [-0.1, -0.05) is 6.07 Å². The number of ether oxygens (including phenoxy) is 2. The predicted molar refractivity (Wildman–Crippen MR) is 76.5 cm³/mol. The molecule has 0 N–H and O–H groups in total. The Hall–Kier alpha value is -1.81. The Balaban J connectivity index is 2.06. The third-order valence-corrected chi connectivity index (χ3v) is 3.82. The summed E-state index contributed by atoms with van der Waals surface area (Å²) in [4.78, 5) is 13.3. The molecule has 0 saturated carbocycles. The zero-order valence-corrected chi connectivity index (χ0v) is 11.8. The lowest BCUT2D eigenvalue weighted by atomic mass is 10.1. The fourth-order valence-corrected chi connectivity index (χ4v) is 2.55. The normalized spacial score (nSPS) is 10.2.